The fourth-order valence-corrected chi connectivity index (χ4v) is 3.33. The summed E-state index contributed by atoms with van der Waals surface area (Å²) < 4.78 is 0. The molecule has 1 aromatic carbocycles. The van der Waals surface area contributed by atoms with Crippen molar-refractivity contribution in [3.63, 3.8) is 0 Å². The van der Waals surface area contributed by atoms with Crippen molar-refractivity contribution in [1.29, 1.82) is 0 Å². The van der Waals surface area contributed by atoms with Crippen molar-refractivity contribution < 1.29 is 0 Å². The van der Waals surface area contributed by atoms with Crippen LogP contribution in [0.4, 0.5) is 5.82 Å². The van der Waals surface area contributed by atoms with Gasteiger partial charge in [-0.3, -0.25) is 5.10 Å². The Morgan fingerprint density at radius 2 is 2.10 bits per heavy atom. The highest BCUT2D eigenvalue weighted by molar-refractivity contribution is 7.15. The Bertz CT molecular complexity index is 775. The number of aromatic nitrogens is 3. The van der Waals surface area contributed by atoms with E-state index in [1.807, 2.05) is 38.1 Å². The molecule has 20 heavy (non-hydrogen) atoms. The summed E-state index contributed by atoms with van der Waals surface area (Å²) >= 11 is 7.69. The first-order valence-electron chi connectivity index (χ1n) is 6.10. The molecule has 6 heteroatoms. The molecule has 0 saturated heterocycles. The van der Waals surface area contributed by atoms with Gasteiger partial charge in [0.2, 0.25) is 0 Å². The standard InChI is InChI=1S/C14H13ClN4S/c1-7-13(20-8(2)17-7)12-11(14(16)19-18-12)9-4-3-5-10(15)6-9/h3-6H,1-2H3,(H3,16,18,19). The number of anilines is 1. The molecule has 0 bridgehead atoms. The fourth-order valence-electron chi connectivity index (χ4n) is 2.22. The van der Waals surface area contributed by atoms with Gasteiger partial charge in [0.25, 0.3) is 0 Å². The van der Waals surface area contributed by atoms with Gasteiger partial charge in [-0.15, -0.1) is 11.3 Å². The van der Waals surface area contributed by atoms with E-state index in [4.69, 9.17) is 17.3 Å². The summed E-state index contributed by atoms with van der Waals surface area (Å²) in [6, 6.07) is 7.59. The molecular weight excluding hydrogens is 292 g/mol. The van der Waals surface area contributed by atoms with Crippen LogP contribution in [-0.2, 0) is 0 Å². The molecule has 0 aliphatic carbocycles. The molecule has 3 rings (SSSR count). The third-order valence-corrected chi connectivity index (χ3v) is 4.36. The predicted molar refractivity (Wildman–Crippen MR) is 84.0 cm³/mol. The van der Waals surface area contributed by atoms with Crippen LogP contribution in [0.3, 0.4) is 0 Å². The molecule has 0 amide bonds. The zero-order valence-corrected chi connectivity index (χ0v) is 12.6. The number of rotatable bonds is 2. The second-order valence-electron chi connectivity index (χ2n) is 4.52. The van der Waals surface area contributed by atoms with Crippen LogP contribution in [0.5, 0.6) is 0 Å². The third kappa shape index (κ3) is 2.19. The number of H-pyrrole nitrogens is 1. The minimum absolute atomic E-state index is 0.465. The Hall–Kier alpha value is -1.85. The molecule has 3 N–H and O–H groups in total. The third-order valence-electron chi connectivity index (χ3n) is 3.04. The number of nitrogen functional groups attached to an aromatic ring is 1. The summed E-state index contributed by atoms with van der Waals surface area (Å²) in [6.07, 6.45) is 0. The number of halogens is 1. The fraction of sp³-hybridized carbons (Fsp3) is 0.143. The van der Waals surface area contributed by atoms with Gasteiger partial charge in [0.05, 0.1) is 26.8 Å². The summed E-state index contributed by atoms with van der Waals surface area (Å²) in [5.74, 6) is 0.465. The lowest BCUT2D eigenvalue weighted by atomic mass is 10.0. The van der Waals surface area contributed by atoms with Gasteiger partial charge in [-0.25, -0.2) is 4.98 Å². The van der Waals surface area contributed by atoms with E-state index in [0.29, 0.717) is 10.8 Å². The highest BCUT2D eigenvalue weighted by Crippen LogP contribution is 2.39. The number of hydrogen-bond acceptors (Lipinski definition) is 4. The average Bonchev–Trinajstić information content (AvgIpc) is 2.92. The van der Waals surface area contributed by atoms with Gasteiger partial charge >= 0.3 is 0 Å². The topological polar surface area (TPSA) is 67.6 Å². The molecule has 0 fully saturated rings. The maximum Gasteiger partial charge on any atom is 0.153 e. The molecule has 0 radical (unpaired) electrons. The number of nitrogens with one attached hydrogen (secondary N) is 1. The molecular formula is C14H13ClN4S. The summed E-state index contributed by atoms with van der Waals surface area (Å²) in [5, 5.41) is 8.84. The van der Waals surface area contributed by atoms with E-state index < -0.39 is 0 Å². The molecule has 0 saturated carbocycles. The summed E-state index contributed by atoms with van der Waals surface area (Å²) in [7, 11) is 0. The lowest BCUT2D eigenvalue weighted by Gasteiger charge is -2.04. The van der Waals surface area contributed by atoms with Gasteiger partial charge in [0.15, 0.2) is 5.82 Å². The highest BCUT2D eigenvalue weighted by Gasteiger charge is 2.18. The summed E-state index contributed by atoms with van der Waals surface area (Å²) in [5.41, 5.74) is 9.71. The monoisotopic (exact) mass is 304 g/mol. The Kier molecular flexibility index (Phi) is 3.23. The van der Waals surface area contributed by atoms with Crippen LogP contribution >= 0.6 is 22.9 Å². The number of nitrogens with two attached hydrogens (primary N) is 1. The molecule has 0 unspecified atom stereocenters. The minimum Gasteiger partial charge on any atom is -0.382 e. The number of aromatic amines is 1. The first-order valence-corrected chi connectivity index (χ1v) is 7.30. The van der Waals surface area contributed by atoms with Crippen LogP contribution in [0.2, 0.25) is 5.02 Å². The van der Waals surface area contributed by atoms with E-state index in [1.54, 1.807) is 11.3 Å². The average molecular weight is 305 g/mol. The van der Waals surface area contributed by atoms with Gasteiger partial charge in [-0.1, -0.05) is 23.7 Å². The van der Waals surface area contributed by atoms with Gasteiger partial charge < -0.3 is 5.73 Å². The smallest absolute Gasteiger partial charge is 0.153 e. The van der Waals surface area contributed by atoms with Crippen LogP contribution < -0.4 is 5.73 Å². The SMILES string of the molecule is Cc1nc(C)c(-c2[nH]nc(N)c2-c2cccc(Cl)c2)s1. The predicted octanol–water partition coefficient (Wildman–Crippen LogP) is 4.05. The second kappa shape index (κ2) is 4.92. The second-order valence-corrected chi connectivity index (χ2v) is 6.16. The molecule has 3 aromatic rings. The van der Waals surface area contributed by atoms with E-state index in [0.717, 1.165) is 32.4 Å². The molecule has 0 aliphatic rings. The molecule has 2 heterocycles. The van der Waals surface area contributed by atoms with Crippen LogP contribution in [-0.4, -0.2) is 15.2 Å². The first-order chi connectivity index (χ1) is 9.56. The largest absolute Gasteiger partial charge is 0.382 e. The van der Waals surface area contributed by atoms with E-state index in [1.165, 1.54) is 0 Å². The van der Waals surface area contributed by atoms with Crippen LogP contribution in [0, 0.1) is 13.8 Å². The molecule has 0 aliphatic heterocycles. The number of benzene rings is 1. The van der Waals surface area contributed by atoms with Crippen molar-refractivity contribution in [1.82, 2.24) is 15.2 Å². The molecule has 102 valence electrons. The Morgan fingerprint density at radius 3 is 2.75 bits per heavy atom. The Labute approximate surface area is 125 Å². The van der Waals surface area contributed by atoms with E-state index in [9.17, 15) is 0 Å². The lowest BCUT2D eigenvalue weighted by molar-refractivity contribution is 1.10. The number of hydrogen-bond donors (Lipinski definition) is 2. The van der Waals surface area contributed by atoms with Crippen LogP contribution in [0.15, 0.2) is 24.3 Å². The number of nitrogens with zero attached hydrogens (tertiary/aromatic N) is 2. The van der Waals surface area contributed by atoms with Gasteiger partial charge in [0.1, 0.15) is 0 Å². The van der Waals surface area contributed by atoms with Crippen molar-refractivity contribution in [2.75, 3.05) is 5.73 Å². The lowest BCUT2D eigenvalue weighted by Crippen LogP contribution is -1.88. The van der Waals surface area contributed by atoms with Gasteiger partial charge in [0, 0.05) is 5.02 Å². The van der Waals surface area contributed by atoms with Crippen molar-refractivity contribution in [2.45, 2.75) is 13.8 Å². The van der Waals surface area contributed by atoms with Crippen molar-refractivity contribution in [3.05, 3.63) is 40.0 Å². The molecule has 2 aromatic heterocycles. The number of thiazole rings is 1. The van der Waals surface area contributed by atoms with E-state index in [2.05, 4.69) is 15.2 Å². The maximum atomic E-state index is 6.07. The van der Waals surface area contributed by atoms with Gasteiger partial charge in [-0.05, 0) is 31.5 Å². The molecule has 4 nitrogen and oxygen atoms in total. The molecule has 0 atom stereocenters. The zero-order valence-electron chi connectivity index (χ0n) is 11.1. The van der Waals surface area contributed by atoms with E-state index in [-0.39, 0.29) is 0 Å². The number of aryl methyl sites for hydroxylation is 2. The molecule has 0 spiro atoms. The van der Waals surface area contributed by atoms with Crippen LogP contribution in [0.1, 0.15) is 10.7 Å². The van der Waals surface area contributed by atoms with Crippen LogP contribution in [0.25, 0.3) is 21.7 Å². The summed E-state index contributed by atoms with van der Waals surface area (Å²) in [4.78, 5) is 5.51. The maximum absolute atomic E-state index is 6.07. The normalized spacial score (nSPS) is 10.9. The first kappa shape index (κ1) is 13.1. The van der Waals surface area contributed by atoms with Crippen molar-refractivity contribution in [3.8, 4) is 21.7 Å². The Morgan fingerprint density at radius 1 is 1.30 bits per heavy atom. The van der Waals surface area contributed by atoms with E-state index >= 15 is 0 Å². The highest BCUT2D eigenvalue weighted by atomic mass is 35.5. The quantitative estimate of drug-likeness (QED) is 0.750. The van der Waals surface area contributed by atoms with Gasteiger partial charge in [-0.2, -0.15) is 5.10 Å². The van der Waals surface area contributed by atoms with Crippen molar-refractivity contribution in [2.24, 2.45) is 0 Å². The minimum atomic E-state index is 0.465. The van der Waals surface area contributed by atoms with Crippen molar-refractivity contribution >= 4 is 28.8 Å². The summed E-state index contributed by atoms with van der Waals surface area (Å²) in [6.45, 7) is 3.97. The zero-order chi connectivity index (χ0) is 14.3. The Balaban J connectivity index is 2.22.